The summed E-state index contributed by atoms with van der Waals surface area (Å²) in [6, 6.07) is 7.99. The molecule has 5 nitrogen and oxygen atoms in total. The van der Waals surface area contributed by atoms with Gasteiger partial charge in [0.05, 0.1) is 12.1 Å². The molecule has 0 unspecified atom stereocenters. The fraction of sp³-hybridized carbons (Fsp3) is 0.467. The van der Waals surface area contributed by atoms with Gasteiger partial charge in [-0.25, -0.2) is 0 Å². The zero-order chi connectivity index (χ0) is 14.8. The first kappa shape index (κ1) is 14.7. The molecular weight excluding hydrogens is 254 g/mol. The van der Waals surface area contributed by atoms with Gasteiger partial charge in [-0.2, -0.15) is 4.98 Å². The summed E-state index contributed by atoms with van der Waals surface area (Å²) in [6.45, 7) is 6.64. The topological polar surface area (TPSA) is 62.4 Å². The van der Waals surface area contributed by atoms with Crippen molar-refractivity contribution in [2.24, 2.45) is 0 Å². The van der Waals surface area contributed by atoms with E-state index in [-0.39, 0.29) is 0 Å². The van der Waals surface area contributed by atoms with Crippen molar-refractivity contribution in [3.05, 3.63) is 35.7 Å². The number of benzene rings is 1. The summed E-state index contributed by atoms with van der Waals surface area (Å²) in [5.74, 6) is 1.14. The lowest BCUT2D eigenvalue weighted by Crippen LogP contribution is -2.35. The highest BCUT2D eigenvalue weighted by atomic mass is 16.5. The molecule has 2 rings (SSSR count). The Balaban J connectivity index is 2.04. The van der Waals surface area contributed by atoms with Crippen LogP contribution < -0.4 is 0 Å². The molecule has 0 fully saturated rings. The van der Waals surface area contributed by atoms with Gasteiger partial charge >= 0.3 is 0 Å². The minimum atomic E-state index is -0.742. The van der Waals surface area contributed by atoms with Gasteiger partial charge in [0.25, 0.3) is 0 Å². The van der Waals surface area contributed by atoms with Gasteiger partial charge < -0.3 is 9.63 Å². The summed E-state index contributed by atoms with van der Waals surface area (Å²) in [5.41, 5.74) is 1.40. The highest BCUT2D eigenvalue weighted by molar-refractivity contribution is 5.54. The Morgan fingerprint density at radius 2 is 1.90 bits per heavy atom. The summed E-state index contributed by atoms with van der Waals surface area (Å²) in [5, 5.41) is 13.8. The van der Waals surface area contributed by atoms with E-state index < -0.39 is 5.60 Å². The Bertz CT molecular complexity index is 555. The number of hydrogen-bond acceptors (Lipinski definition) is 5. The Morgan fingerprint density at radius 3 is 2.50 bits per heavy atom. The lowest BCUT2D eigenvalue weighted by Gasteiger charge is -2.23. The second-order valence-corrected chi connectivity index (χ2v) is 5.86. The molecule has 0 aliphatic heterocycles. The number of aliphatic hydroxyl groups is 1. The lowest BCUT2D eigenvalue weighted by atomic mass is 10.1. The third-order valence-electron chi connectivity index (χ3n) is 2.84. The Morgan fingerprint density at radius 1 is 1.25 bits per heavy atom. The number of nitrogens with zero attached hydrogens (tertiary/aromatic N) is 3. The highest BCUT2D eigenvalue weighted by Crippen LogP contribution is 2.17. The predicted molar refractivity (Wildman–Crippen MR) is 77.1 cm³/mol. The maximum atomic E-state index is 9.77. The van der Waals surface area contributed by atoms with Crippen LogP contribution in [0, 0.1) is 6.92 Å². The summed E-state index contributed by atoms with van der Waals surface area (Å²) < 4.78 is 5.25. The molecule has 0 amide bonds. The van der Waals surface area contributed by atoms with Crippen LogP contribution in [0.25, 0.3) is 11.4 Å². The Kier molecular flexibility index (Phi) is 4.20. The van der Waals surface area contributed by atoms with E-state index in [1.54, 1.807) is 13.8 Å². The van der Waals surface area contributed by atoms with Gasteiger partial charge in [-0.05, 0) is 27.8 Å². The minimum absolute atomic E-state index is 0.517. The molecule has 0 saturated carbocycles. The normalized spacial score (nSPS) is 12.1. The third kappa shape index (κ3) is 4.15. The Hall–Kier alpha value is -1.72. The standard InChI is InChI=1S/C15H21N3O2/c1-11-5-7-12(8-6-11)14-16-13(20-17-14)9-18(4)10-15(2,3)19/h5-8,19H,9-10H2,1-4H3. The van der Waals surface area contributed by atoms with E-state index in [9.17, 15) is 5.11 Å². The van der Waals surface area contributed by atoms with E-state index in [0.717, 1.165) is 5.56 Å². The molecule has 1 aromatic heterocycles. The van der Waals surface area contributed by atoms with Gasteiger partial charge in [0, 0.05) is 12.1 Å². The Labute approximate surface area is 119 Å². The van der Waals surface area contributed by atoms with Crippen LogP contribution in [0.5, 0.6) is 0 Å². The zero-order valence-corrected chi connectivity index (χ0v) is 12.4. The van der Waals surface area contributed by atoms with Gasteiger partial charge in [-0.15, -0.1) is 0 Å². The first-order valence-electron chi connectivity index (χ1n) is 6.64. The third-order valence-corrected chi connectivity index (χ3v) is 2.84. The molecule has 0 aliphatic rings. The molecule has 20 heavy (non-hydrogen) atoms. The summed E-state index contributed by atoms with van der Waals surface area (Å²) >= 11 is 0. The number of likely N-dealkylation sites (N-methyl/N-ethyl adjacent to an activating group) is 1. The number of aryl methyl sites for hydroxylation is 1. The van der Waals surface area contributed by atoms with E-state index in [1.807, 2.05) is 43.1 Å². The van der Waals surface area contributed by atoms with E-state index >= 15 is 0 Å². The maximum absolute atomic E-state index is 9.77. The largest absolute Gasteiger partial charge is 0.389 e. The molecule has 2 aromatic rings. The zero-order valence-electron chi connectivity index (χ0n) is 12.4. The monoisotopic (exact) mass is 275 g/mol. The van der Waals surface area contributed by atoms with E-state index in [1.165, 1.54) is 5.56 Å². The first-order chi connectivity index (χ1) is 9.33. The average molecular weight is 275 g/mol. The highest BCUT2D eigenvalue weighted by Gasteiger charge is 2.17. The number of rotatable bonds is 5. The lowest BCUT2D eigenvalue weighted by molar-refractivity contribution is 0.0397. The fourth-order valence-electron chi connectivity index (χ4n) is 2.09. The average Bonchev–Trinajstić information content (AvgIpc) is 2.75. The molecule has 0 saturated heterocycles. The molecule has 0 spiro atoms. The van der Waals surface area contributed by atoms with Crippen molar-refractivity contribution >= 4 is 0 Å². The van der Waals surface area contributed by atoms with Gasteiger partial charge in [0.2, 0.25) is 11.7 Å². The van der Waals surface area contributed by atoms with Crippen molar-refractivity contribution in [3.8, 4) is 11.4 Å². The fourth-order valence-corrected chi connectivity index (χ4v) is 2.09. The molecule has 5 heteroatoms. The van der Waals surface area contributed by atoms with Crippen LogP contribution in [0.3, 0.4) is 0 Å². The summed E-state index contributed by atoms with van der Waals surface area (Å²) in [4.78, 5) is 6.33. The van der Waals surface area contributed by atoms with Crippen molar-refractivity contribution in [2.75, 3.05) is 13.6 Å². The van der Waals surface area contributed by atoms with Crippen molar-refractivity contribution in [2.45, 2.75) is 32.9 Å². The second kappa shape index (κ2) is 5.73. The number of aromatic nitrogens is 2. The number of hydrogen-bond donors (Lipinski definition) is 1. The van der Waals surface area contributed by atoms with Gasteiger partial charge in [0.1, 0.15) is 0 Å². The van der Waals surface area contributed by atoms with Gasteiger partial charge in [0.15, 0.2) is 0 Å². The van der Waals surface area contributed by atoms with Crippen LogP contribution in [-0.4, -0.2) is 39.3 Å². The van der Waals surface area contributed by atoms with Gasteiger partial charge in [-0.3, -0.25) is 4.90 Å². The summed E-state index contributed by atoms with van der Waals surface area (Å²) in [7, 11) is 1.91. The van der Waals surface area contributed by atoms with Crippen LogP contribution in [0.4, 0.5) is 0 Å². The predicted octanol–water partition coefficient (Wildman–Crippen LogP) is 2.25. The first-order valence-corrected chi connectivity index (χ1v) is 6.64. The van der Waals surface area contributed by atoms with Gasteiger partial charge in [-0.1, -0.05) is 35.0 Å². The van der Waals surface area contributed by atoms with Crippen molar-refractivity contribution < 1.29 is 9.63 Å². The van der Waals surface area contributed by atoms with Crippen LogP contribution >= 0.6 is 0 Å². The smallest absolute Gasteiger partial charge is 0.241 e. The van der Waals surface area contributed by atoms with E-state index in [0.29, 0.717) is 24.8 Å². The molecule has 0 aliphatic carbocycles. The SMILES string of the molecule is Cc1ccc(-c2noc(CN(C)CC(C)(C)O)n2)cc1. The minimum Gasteiger partial charge on any atom is -0.389 e. The van der Waals surface area contributed by atoms with Crippen LogP contribution in [-0.2, 0) is 6.54 Å². The molecule has 0 bridgehead atoms. The van der Waals surface area contributed by atoms with E-state index in [2.05, 4.69) is 10.1 Å². The quantitative estimate of drug-likeness (QED) is 0.906. The van der Waals surface area contributed by atoms with E-state index in [4.69, 9.17) is 4.52 Å². The van der Waals surface area contributed by atoms with Crippen LogP contribution in [0.15, 0.2) is 28.8 Å². The second-order valence-electron chi connectivity index (χ2n) is 5.86. The van der Waals surface area contributed by atoms with Crippen LogP contribution in [0.2, 0.25) is 0 Å². The molecule has 1 aromatic carbocycles. The van der Waals surface area contributed by atoms with Crippen molar-refractivity contribution in [1.29, 1.82) is 0 Å². The summed E-state index contributed by atoms with van der Waals surface area (Å²) in [6.07, 6.45) is 0. The molecule has 1 N–H and O–H groups in total. The maximum Gasteiger partial charge on any atom is 0.241 e. The molecule has 0 radical (unpaired) electrons. The molecule has 1 heterocycles. The van der Waals surface area contributed by atoms with Crippen molar-refractivity contribution in [3.63, 3.8) is 0 Å². The molecule has 108 valence electrons. The molecule has 0 atom stereocenters. The van der Waals surface area contributed by atoms with Crippen LogP contribution in [0.1, 0.15) is 25.3 Å². The van der Waals surface area contributed by atoms with Crippen molar-refractivity contribution in [1.82, 2.24) is 15.0 Å². The molecular formula is C15H21N3O2.